The SMILES string of the molecule is CCCNC(C#N)COC(C(F)(F)F)C(F)(F)F. The number of nitrogens with one attached hydrogen (secondary N) is 1. The molecule has 1 atom stereocenters. The van der Waals surface area contributed by atoms with Gasteiger partial charge in [0, 0.05) is 0 Å². The van der Waals surface area contributed by atoms with Crippen molar-refractivity contribution in [1.29, 1.82) is 5.26 Å². The van der Waals surface area contributed by atoms with E-state index < -0.39 is 31.1 Å². The molecule has 1 unspecified atom stereocenters. The molecule has 3 nitrogen and oxygen atoms in total. The smallest absolute Gasteiger partial charge is 0.358 e. The highest BCUT2D eigenvalue weighted by Crippen LogP contribution is 2.35. The van der Waals surface area contributed by atoms with Crippen LogP contribution in [-0.4, -0.2) is 37.7 Å². The minimum Gasteiger partial charge on any atom is -0.358 e. The Balaban J connectivity index is 4.49. The number of nitriles is 1. The highest BCUT2D eigenvalue weighted by atomic mass is 19.4. The van der Waals surface area contributed by atoms with Crippen LogP contribution in [-0.2, 0) is 4.74 Å². The zero-order valence-corrected chi connectivity index (χ0v) is 9.40. The van der Waals surface area contributed by atoms with Gasteiger partial charge in [0.1, 0.15) is 6.04 Å². The van der Waals surface area contributed by atoms with E-state index in [0.717, 1.165) is 0 Å². The lowest BCUT2D eigenvalue weighted by atomic mass is 10.3. The molecular formula is C9H12F6N2O. The molecule has 18 heavy (non-hydrogen) atoms. The average molecular weight is 278 g/mol. The standard InChI is InChI=1S/C9H12F6N2O/c1-2-3-17-6(4-16)5-18-7(8(10,11)12)9(13,14)15/h6-7,17H,2-3,5H2,1H3. The molecular weight excluding hydrogens is 266 g/mol. The Bertz CT molecular complexity index is 268. The van der Waals surface area contributed by atoms with Crippen LogP contribution in [0.5, 0.6) is 0 Å². The van der Waals surface area contributed by atoms with Crippen molar-refractivity contribution in [2.24, 2.45) is 0 Å². The molecule has 0 fully saturated rings. The zero-order chi connectivity index (χ0) is 14.4. The van der Waals surface area contributed by atoms with Crippen molar-refractivity contribution in [3.8, 4) is 6.07 Å². The summed E-state index contributed by atoms with van der Waals surface area (Å²) in [5.41, 5.74) is 0. The van der Waals surface area contributed by atoms with Crippen LogP contribution in [0.25, 0.3) is 0 Å². The fourth-order valence-corrected chi connectivity index (χ4v) is 1.03. The van der Waals surface area contributed by atoms with E-state index in [1.54, 1.807) is 6.92 Å². The lowest BCUT2D eigenvalue weighted by Crippen LogP contribution is -2.46. The van der Waals surface area contributed by atoms with E-state index in [2.05, 4.69) is 10.1 Å². The molecule has 0 spiro atoms. The van der Waals surface area contributed by atoms with Crippen LogP contribution in [0.4, 0.5) is 26.3 Å². The molecule has 0 saturated carbocycles. The Morgan fingerprint density at radius 1 is 1.17 bits per heavy atom. The maximum atomic E-state index is 12.1. The number of halogens is 6. The van der Waals surface area contributed by atoms with Crippen molar-refractivity contribution in [3.63, 3.8) is 0 Å². The van der Waals surface area contributed by atoms with Gasteiger partial charge in [-0.15, -0.1) is 0 Å². The normalized spacial score (nSPS) is 14.6. The van der Waals surface area contributed by atoms with E-state index >= 15 is 0 Å². The van der Waals surface area contributed by atoms with Crippen LogP contribution in [0.3, 0.4) is 0 Å². The third-order valence-electron chi connectivity index (χ3n) is 1.82. The minimum absolute atomic E-state index is 0.296. The first-order valence-electron chi connectivity index (χ1n) is 5.01. The van der Waals surface area contributed by atoms with Gasteiger partial charge in [-0.25, -0.2) is 0 Å². The number of hydrogen-bond donors (Lipinski definition) is 1. The van der Waals surface area contributed by atoms with Gasteiger partial charge in [0.15, 0.2) is 0 Å². The van der Waals surface area contributed by atoms with Crippen LogP contribution in [0.2, 0.25) is 0 Å². The summed E-state index contributed by atoms with van der Waals surface area (Å²) in [7, 11) is 0. The Morgan fingerprint density at radius 3 is 2.00 bits per heavy atom. The molecule has 1 N–H and O–H groups in total. The van der Waals surface area contributed by atoms with E-state index in [9.17, 15) is 26.3 Å². The first-order valence-corrected chi connectivity index (χ1v) is 5.01. The first-order chi connectivity index (χ1) is 8.12. The van der Waals surface area contributed by atoms with E-state index in [1.807, 2.05) is 0 Å². The second-order valence-corrected chi connectivity index (χ2v) is 3.43. The van der Waals surface area contributed by atoms with Crippen LogP contribution < -0.4 is 5.32 Å². The highest BCUT2D eigenvalue weighted by molar-refractivity contribution is 4.90. The van der Waals surface area contributed by atoms with E-state index in [-0.39, 0.29) is 0 Å². The van der Waals surface area contributed by atoms with E-state index in [4.69, 9.17) is 5.26 Å². The van der Waals surface area contributed by atoms with E-state index in [1.165, 1.54) is 6.07 Å². The second-order valence-electron chi connectivity index (χ2n) is 3.43. The second kappa shape index (κ2) is 6.80. The summed E-state index contributed by atoms with van der Waals surface area (Å²) in [4.78, 5) is 0. The molecule has 9 heteroatoms. The number of rotatable bonds is 6. The average Bonchev–Trinajstić information content (AvgIpc) is 2.19. The van der Waals surface area contributed by atoms with Crippen molar-refractivity contribution in [3.05, 3.63) is 0 Å². The Labute approximate surface area is 99.7 Å². The van der Waals surface area contributed by atoms with Gasteiger partial charge in [0.25, 0.3) is 0 Å². The molecule has 0 aliphatic rings. The Morgan fingerprint density at radius 2 is 1.67 bits per heavy atom. The van der Waals surface area contributed by atoms with Gasteiger partial charge in [-0.3, -0.25) is 0 Å². The summed E-state index contributed by atoms with van der Waals surface area (Å²) < 4.78 is 76.2. The fourth-order valence-electron chi connectivity index (χ4n) is 1.03. The number of hydrogen-bond acceptors (Lipinski definition) is 3. The minimum atomic E-state index is -5.55. The van der Waals surface area contributed by atoms with Gasteiger partial charge in [0.05, 0.1) is 12.7 Å². The van der Waals surface area contributed by atoms with Crippen molar-refractivity contribution in [1.82, 2.24) is 5.32 Å². The van der Waals surface area contributed by atoms with Crippen LogP contribution in [0, 0.1) is 11.3 Å². The molecule has 0 aliphatic carbocycles. The Hall–Kier alpha value is -1.01. The monoisotopic (exact) mass is 278 g/mol. The topological polar surface area (TPSA) is 45.0 Å². The summed E-state index contributed by atoms with van der Waals surface area (Å²) in [6, 6.07) is 0.313. The summed E-state index contributed by atoms with van der Waals surface area (Å²) in [6.45, 7) is 1.04. The predicted molar refractivity (Wildman–Crippen MR) is 49.5 cm³/mol. The summed E-state index contributed by atoms with van der Waals surface area (Å²) >= 11 is 0. The molecule has 0 heterocycles. The lowest BCUT2D eigenvalue weighted by Gasteiger charge is -2.24. The van der Waals surface area contributed by atoms with E-state index in [0.29, 0.717) is 13.0 Å². The fraction of sp³-hybridized carbons (Fsp3) is 0.889. The molecule has 0 amide bonds. The summed E-state index contributed by atoms with van der Waals surface area (Å²) in [5.74, 6) is 0. The van der Waals surface area contributed by atoms with Gasteiger partial charge in [-0.1, -0.05) is 6.92 Å². The van der Waals surface area contributed by atoms with Gasteiger partial charge in [0.2, 0.25) is 6.10 Å². The van der Waals surface area contributed by atoms with Crippen molar-refractivity contribution in [2.75, 3.05) is 13.2 Å². The zero-order valence-electron chi connectivity index (χ0n) is 9.40. The van der Waals surface area contributed by atoms with Gasteiger partial charge in [-0.05, 0) is 13.0 Å². The molecule has 0 bridgehead atoms. The third-order valence-corrected chi connectivity index (χ3v) is 1.82. The molecule has 0 saturated heterocycles. The molecule has 0 aliphatic heterocycles. The number of alkyl halides is 6. The molecule has 0 rings (SSSR count). The highest BCUT2D eigenvalue weighted by Gasteiger charge is 2.58. The van der Waals surface area contributed by atoms with Crippen molar-refractivity contribution < 1.29 is 31.1 Å². The quantitative estimate of drug-likeness (QED) is 0.759. The maximum Gasteiger partial charge on any atom is 0.423 e. The van der Waals surface area contributed by atoms with Crippen LogP contribution >= 0.6 is 0 Å². The summed E-state index contributed by atoms with van der Waals surface area (Å²) in [6.07, 6.45) is -14.4. The predicted octanol–water partition coefficient (Wildman–Crippen LogP) is 2.39. The van der Waals surface area contributed by atoms with Gasteiger partial charge < -0.3 is 10.1 Å². The maximum absolute atomic E-state index is 12.1. The third kappa shape index (κ3) is 6.07. The van der Waals surface area contributed by atoms with Crippen LogP contribution in [0.1, 0.15) is 13.3 Å². The van der Waals surface area contributed by atoms with Gasteiger partial charge >= 0.3 is 12.4 Å². The molecule has 0 radical (unpaired) electrons. The number of nitrogens with zero attached hydrogens (tertiary/aromatic N) is 1. The van der Waals surface area contributed by atoms with Crippen LogP contribution in [0.15, 0.2) is 0 Å². The largest absolute Gasteiger partial charge is 0.423 e. The molecule has 0 aromatic carbocycles. The molecule has 106 valence electrons. The number of ether oxygens (including phenoxy) is 1. The molecule has 0 aromatic rings. The van der Waals surface area contributed by atoms with Crippen molar-refractivity contribution in [2.45, 2.75) is 37.8 Å². The Kier molecular flexibility index (Phi) is 6.42. The lowest BCUT2D eigenvalue weighted by molar-refractivity contribution is -0.322. The first kappa shape index (κ1) is 17.0. The summed E-state index contributed by atoms with van der Waals surface area (Å²) in [5, 5.41) is 11.0. The molecule has 0 aromatic heterocycles. The van der Waals surface area contributed by atoms with Gasteiger partial charge in [-0.2, -0.15) is 31.6 Å². The van der Waals surface area contributed by atoms with Crippen molar-refractivity contribution >= 4 is 0 Å².